The highest BCUT2D eigenvalue weighted by atomic mass is 35.5. The van der Waals surface area contributed by atoms with Gasteiger partial charge in [0.05, 0.1) is 29.8 Å². The first-order chi connectivity index (χ1) is 14.3. The molecule has 7 nitrogen and oxygen atoms in total. The summed E-state index contributed by atoms with van der Waals surface area (Å²) in [5.74, 6) is -2.05. The van der Waals surface area contributed by atoms with Crippen molar-refractivity contribution in [2.45, 2.75) is 36.3 Å². The third kappa shape index (κ3) is 3.11. The number of fused-ring (bicyclic) bond motifs is 1. The monoisotopic (exact) mass is 452 g/mol. The van der Waals surface area contributed by atoms with Crippen LogP contribution >= 0.6 is 23.4 Å². The van der Waals surface area contributed by atoms with E-state index < -0.39 is 22.6 Å². The van der Waals surface area contributed by atoms with Crippen LogP contribution in [0.25, 0.3) is 0 Å². The van der Waals surface area contributed by atoms with Gasteiger partial charge in [-0.1, -0.05) is 18.5 Å². The number of hydrogen-bond acceptors (Lipinski definition) is 6. The molecule has 4 rings (SSSR count). The van der Waals surface area contributed by atoms with E-state index in [1.165, 1.54) is 4.90 Å². The van der Waals surface area contributed by atoms with Gasteiger partial charge in [0, 0.05) is 22.5 Å². The lowest BCUT2D eigenvalue weighted by Crippen LogP contribution is -2.54. The van der Waals surface area contributed by atoms with Crippen LogP contribution in [0.5, 0.6) is 0 Å². The van der Waals surface area contributed by atoms with E-state index in [0.717, 1.165) is 6.42 Å². The zero-order valence-electron chi connectivity index (χ0n) is 16.8. The van der Waals surface area contributed by atoms with E-state index >= 15 is 0 Å². The normalized spacial score (nSPS) is 34.2. The Kier molecular flexibility index (Phi) is 5.76. The Morgan fingerprint density at radius 3 is 2.70 bits per heavy atom. The highest BCUT2D eigenvalue weighted by Crippen LogP contribution is 2.68. The summed E-state index contributed by atoms with van der Waals surface area (Å²) in [5.41, 5.74) is 0.577. The Hall–Kier alpha value is -1.77. The second kappa shape index (κ2) is 8.05. The number of thioether (sulfide) groups is 1. The maximum atomic E-state index is 13.5. The van der Waals surface area contributed by atoms with Crippen molar-refractivity contribution in [1.29, 1.82) is 0 Å². The van der Waals surface area contributed by atoms with Crippen molar-refractivity contribution in [3.63, 3.8) is 0 Å². The minimum absolute atomic E-state index is 0.0449. The average molecular weight is 453 g/mol. The molecule has 3 unspecified atom stereocenters. The van der Waals surface area contributed by atoms with Gasteiger partial charge in [-0.25, -0.2) is 0 Å². The van der Waals surface area contributed by atoms with E-state index in [9.17, 15) is 19.5 Å². The predicted octanol–water partition coefficient (Wildman–Crippen LogP) is 2.17. The summed E-state index contributed by atoms with van der Waals surface area (Å²) in [7, 11) is 0. The van der Waals surface area contributed by atoms with Gasteiger partial charge in [0.1, 0.15) is 6.04 Å². The van der Waals surface area contributed by atoms with Gasteiger partial charge in [0.2, 0.25) is 11.8 Å². The maximum Gasteiger partial charge on any atom is 0.310 e. The molecule has 0 saturated carbocycles. The number of nitrogens with one attached hydrogen (secondary N) is 1. The van der Waals surface area contributed by atoms with Crippen LogP contribution in [0.4, 0.5) is 5.69 Å². The Morgan fingerprint density at radius 2 is 2.07 bits per heavy atom. The van der Waals surface area contributed by atoms with Crippen LogP contribution in [0.3, 0.4) is 0 Å². The molecule has 3 heterocycles. The number of nitrogens with zero attached hydrogens (tertiary/aromatic N) is 1. The fraction of sp³-hybridized carbons (Fsp3) is 0.571. The van der Waals surface area contributed by atoms with Crippen LogP contribution in [-0.2, 0) is 19.1 Å². The molecule has 162 valence electrons. The molecule has 0 aliphatic carbocycles. The molecule has 2 bridgehead atoms. The lowest BCUT2D eigenvalue weighted by atomic mass is 9.66. The summed E-state index contributed by atoms with van der Waals surface area (Å²) in [6.45, 7) is 3.82. The van der Waals surface area contributed by atoms with Gasteiger partial charge >= 0.3 is 5.97 Å². The molecule has 1 spiro atoms. The van der Waals surface area contributed by atoms with Crippen molar-refractivity contribution in [3.8, 4) is 0 Å². The number of rotatable bonds is 6. The molecule has 30 heavy (non-hydrogen) atoms. The highest BCUT2D eigenvalue weighted by Gasteiger charge is 2.76. The summed E-state index contributed by atoms with van der Waals surface area (Å²) in [6, 6.07) is 5.99. The SMILES string of the molecule is CCOC(=O)[C@@H]1[C@H]2C(=O)N(CCO)C(C(=O)Nc3ccc(Cl)cc3)C23S[C@@H]1CC3C. The molecule has 2 N–H and O–H groups in total. The number of β-amino-alcohol motifs (C(OH)–C–C–N with tert-alkyl or cyclic N) is 1. The summed E-state index contributed by atoms with van der Waals surface area (Å²) in [4.78, 5) is 41.1. The molecule has 9 heteroatoms. The topological polar surface area (TPSA) is 95.9 Å². The quantitative estimate of drug-likeness (QED) is 0.642. The number of benzene rings is 1. The molecule has 3 aliphatic heterocycles. The molecule has 3 aliphatic rings. The maximum absolute atomic E-state index is 13.5. The second-order valence-electron chi connectivity index (χ2n) is 8.06. The molecule has 0 aromatic heterocycles. The molecule has 6 atom stereocenters. The average Bonchev–Trinajstić information content (AvgIpc) is 3.28. The number of ether oxygens (including phenoxy) is 1. The Balaban J connectivity index is 1.71. The van der Waals surface area contributed by atoms with Gasteiger partial charge in [-0.2, -0.15) is 0 Å². The number of carbonyl (C=O) groups excluding carboxylic acids is 3. The molecule has 3 fully saturated rings. The summed E-state index contributed by atoms with van der Waals surface area (Å²) in [6.07, 6.45) is 0.746. The molecule has 3 saturated heterocycles. The standard InChI is InChI=1S/C21H25ClN2O5S/c1-3-29-20(28)15-14-10-11(2)21(30-14)16(15)19(27)24(8-9-25)17(21)18(26)23-13-6-4-12(22)5-7-13/h4-7,11,14-17,25H,3,8-10H2,1-2H3,(H,23,26)/t11?,14-,15+,16+,17?,21?/m1/s1. The Labute approximate surface area is 184 Å². The highest BCUT2D eigenvalue weighted by molar-refractivity contribution is 8.02. The summed E-state index contributed by atoms with van der Waals surface area (Å²) in [5, 5.41) is 13.0. The van der Waals surface area contributed by atoms with Crippen molar-refractivity contribution in [3.05, 3.63) is 29.3 Å². The number of likely N-dealkylation sites (tertiary alicyclic amines) is 1. The zero-order chi connectivity index (χ0) is 21.6. The number of halogens is 1. The first kappa shape index (κ1) is 21.5. The van der Waals surface area contributed by atoms with Crippen molar-refractivity contribution in [2.75, 3.05) is 25.1 Å². The van der Waals surface area contributed by atoms with Crippen molar-refractivity contribution in [2.24, 2.45) is 17.8 Å². The number of carbonyl (C=O) groups is 3. The van der Waals surface area contributed by atoms with Crippen LogP contribution in [0.2, 0.25) is 5.02 Å². The smallest absolute Gasteiger partial charge is 0.310 e. The van der Waals surface area contributed by atoms with Gasteiger partial charge in [-0.05, 0) is 43.5 Å². The first-order valence-corrected chi connectivity index (χ1v) is 11.4. The molecule has 2 amide bonds. The third-order valence-corrected chi connectivity index (χ3v) is 8.83. The molecule has 0 radical (unpaired) electrons. The van der Waals surface area contributed by atoms with E-state index in [2.05, 4.69) is 5.32 Å². The molecule has 1 aromatic rings. The van der Waals surface area contributed by atoms with E-state index in [0.29, 0.717) is 10.7 Å². The summed E-state index contributed by atoms with van der Waals surface area (Å²) >= 11 is 7.51. The van der Waals surface area contributed by atoms with Crippen LogP contribution in [-0.4, -0.2) is 63.6 Å². The van der Waals surface area contributed by atoms with Crippen LogP contribution in [0.15, 0.2) is 24.3 Å². The van der Waals surface area contributed by atoms with Crippen molar-refractivity contribution in [1.82, 2.24) is 4.90 Å². The number of amides is 2. The van der Waals surface area contributed by atoms with Crippen molar-refractivity contribution < 1.29 is 24.2 Å². The van der Waals surface area contributed by atoms with Gasteiger partial charge in [0.25, 0.3) is 0 Å². The fourth-order valence-corrected chi connectivity index (χ4v) is 7.95. The van der Waals surface area contributed by atoms with Crippen LogP contribution in [0.1, 0.15) is 20.3 Å². The molecular weight excluding hydrogens is 428 g/mol. The number of hydrogen-bond donors (Lipinski definition) is 2. The minimum atomic E-state index is -0.776. The second-order valence-corrected chi connectivity index (χ2v) is 10.0. The van der Waals surface area contributed by atoms with Crippen LogP contribution < -0.4 is 5.32 Å². The van der Waals surface area contributed by atoms with E-state index in [-0.39, 0.29) is 48.7 Å². The molecule has 1 aromatic carbocycles. The minimum Gasteiger partial charge on any atom is -0.466 e. The van der Waals surface area contributed by atoms with Gasteiger partial charge in [0.15, 0.2) is 0 Å². The predicted molar refractivity (Wildman–Crippen MR) is 114 cm³/mol. The number of esters is 1. The number of aliphatic hydroxyl groups excluding tert-OH is 1. The number of aliphatic hydroxyl groups is 1. The Bertz CT molecular complexity index is 865. The van der Waals surface area contributed by atoms with E-state index in [1.807, 2.05) is 6.92 Å². The largest absolute Gasteiger partial charge is 0.466 e. The zero-order valence-corrected chi connectivity index (χ0v) is 18.4. The molecular formula is C21H25ClN2O5S. The van der Waals surface area contributed by atoms with Gasteiger partial charge < -0.3 is 20.1 Å². The van der Waals surface area contributed by atoms with Gasteiger partial charge in [-0.3, -0.25) is 14.4 Å². The van der Waals surface area contributed by atoms with Gasteiger partial charge in [-0.15, -0.1) is 11.8 Å². The Morgan fingerprint density at radius 1 is 1.37 bits per heavy atom. The van der Waals surface area contributed by atoms with Crippen molar-refractivity contribution >= 4 is 46.8 Å². The number of anilines is 1. The lowest BCUT2D eigenvalue weighted by Gasteiger charge is -2.38. The lowest BCUT2D eigenvalue weighted by molar-refractivity contribution is -0.154. The van der Waals surface area contributed by atoms with Crippen LogP contribution in [0, 0.1) is 17.8 Å². The fourth-order valence-electron chi connectivity index (χ4n) is 5.42. The third-order valence-electron chi connectivity index (χ3n) is 6.51. The first-order valence-electron chi connectivity index (χ1n) is 10.2. The van der Waals surface area contributed by atoms with E-state index in [1.54, 1.807) is 43.0 Å². The summed E-state index contributed by atoms with van der Waals surface area (Å²) < 4.78 is 4.56. The van der Waals surface area contributed by atoms with E-state index in [4.69, 9.17) is 16.3 Å².